The van der Waals surface area contributed by atoms with E-state index in [0.717, 1.165) is 22.7 Å². The number of nitrogens with one attached hydrogen (secondary N) is 1. The number of benzene rings is 1. The van der Waals surface area contributed by atoms with Crippen LogP contribution in [0.2, 0.25) is 0 Å². The maximum Gasteiger partial charge on any atom is 0.255 e. The molecule has 3 heterocycles. The Kier molecular flexibility index (Phi) is 4.48. The van der Waals surface area contributed by atoms with E-state index in [2.05, 4.69) is 14.9 Å². The van der Waals surface area contributed by atoms with Crippen LogP contribution in [0.3, 0.4) is 0 Å². The lowest BCUT2D eigenvalue weighted by Gasteiger charge is -2.28. The van der Waals surface area contributed by atoms with E-state index in [0.29, 0.717) is 36.6 Å². The molecule has 26 heavy (non-hydrogen) atoms. The fourth-order valence-corrected chi connectivity index (χ4v) is 3.86. The lowest BCUT2D eigenvalue weighted by atomic mass is 10.1. The van der Waals surface area contributed by atoms with E-state index in [1.165, 1.54) is 0 Å². The van der Waals surface area contributed by atoms with Gasteiger partial charge in [0.15, 0.2) is 5.82 Å². The predicted molar refractivity (Wildman–Crippen MR) is 101 cm³/mol. The second-order valence-electron chi connectivity index (χ2n) is 6.27. The van der Waals surface area contributed by atoms with Crippen molar-refractivity contribution in [3.05, 3.63) is 62.9 Å². The summed E-state index contributed by atoms with van der Waals surface area (Å²) in [6.07, 6.45) is 0.717. The molecule has 0 aliphatic carbocycles. The number of hydrogen-bond donors (Lipinski definition) is 2. The number of H-pyrrole nitrogens is 1. The van der Waals surface area contributed by atoms with Crippen molar-refractivity contribution in [1.29, 1.82) is 0 Å². The van der Waals surface area contributed by atoms with Crippen LogP contribution in [-0.4, -0.2) is 33.6 Å². The van der Waals surface area contributed by atoms with Crippen LogP contribution in [0.5, 0.6) is 11.5 Å². The van der Waals surface area contributed by atoms with E-state index in [9.17, 15) is 9.90 Å². The highest BCUT2D eigenvalue weighted by molar-refractivity contribution is 7.13. The SMILES string of the molecule is COc1ccc(CN2CCc3nc(-c4cccs4)[nH]c(=O)c3C2)c(O)c1. The van der Waals surface area contributed by atoms with Gasteiger partial charge in [-0.25, -0.2) is 4.98 Å². The zero-order chi connectivity index (χ0) is 18.1. The molecule has 6 nitrogen and oxygen atoms in total. The number of methoxy groups -OCH3 is 1. The van der Waals surface area contributed by atoms with Crippen molar-refractivity contribution in [3.63, 3.8) is 0 Å². The summed E-state index contributed by atoms with van der Waals surface area (Å²) in [6.45, 7) is 1.88. The Balaban J connectivity index is 1.56. The molecule has 1 aromatic carbocycles. The average Bonchev–Trinajstić information content (AvgIpc) is 3.18. The topological polar surface area (TPSA) is 78.5 Å². The maximum absolute atomic E-state index is 12.5. The number of aromatic nitrogens is 2. The van der Waals surface area contributed by atoms with Crippen molar-refractivity contribution in [2.75, 3.05) is 13.7 Å². The summed E-state index contributed by atoms with van der Waals surface area (Å²) in [4.78, 5) is 23.2. The van der Waals surface area contributed by atoms with Crippen LogP contribution in [0, 0.1) is 0 Å². The van der Waals surface area contributed by atoms with Gasteiger partial charge in [0.05, 0.1) is 23.2 Å². The first-order valence-electron chi connectivity index (χ1n) is 8.38. The molecular weight excluding hydrogens is 350 g/mol. The number of phenols is 1. The van der Waals surface area contributed by atoms with Gasteiger partial charge in [-0.1, -0.05) is 12.1 Å². The molecule has 134 valence electrons. The number of thiophene rings is 1. The summed E-state index contributed by atoms with van der Waals surface area (Å²) in [5.74, 6) is 1.47. The molecule has 0 fully saturated rings. The minimum atomic E-state index is -0.0814. The highest BCUT2D eigenvalue weighted by Crippen LogP contribution is 2.27. The smallest absolute Gasteiger partial charge is 0.255 e. The van der Waals surface area contributed by atoms with Crippen LogP contribution in [0.4, 0.5) is 0 Å². The van der Waals surface area contributed by atoms with E-state index in [1.54, 1.807) is 24.5 Å². The fraction of sp³-hybridized carbons (Fsp3) is 0.263. The number of phenolic OH excluding ortho intramolecular Hbond substituents is 1. The minimum Gasteiger partial charge on any atom is -0.507 e. The van der Waals surface area contributed by atoms with Gasteiger partial charge in [-0.05, 0) is 17.5 Å². The highest BCUT2D eigenvalue weighted by atomic mass is 32.1. The third kappa shape index (κ3) is 3.23. The number of hydrogen-bond acceptors (Lipinski definition) is 6. The molecule has 0 saturated heterocycles. The monoisotopic (exact) mass is 369 g/mol. The highest BCUT2D eigenvalue weighted by Gasteiger charge is 2.22. The van der Waals surface area contributed by atoms with Gasteiger partial charge < -0.3 is 14.8 Å². The number of ether oxygens (including phenoxy) is 1. The van der Waals surface area contributed by atoms with E-state index in [4.69, 9.17) is 4.74 Å². The summed E-state index contributed by atoms with van der Waals surface area (Å²) in [5.41, 5.74) is 2.31. The molecule has 0 radical (unpaired) electrons. The summed E-state index contributed by atoms with van der Waals surface area (Å²) in [7, 11) is 1.57. The molecule has 0 bridgehead atoms. The van der Waals surface area contributed by atoms with Gasteiger partial charge in [0.25, 0.3) is 5.56 Å². The number of nitrogens with zero attached hydrogens (tertiary/aromatic N) is 2. The van der Waals surface area contributed by atoms with Gasteiger partial charge in [-0.3, -0.25) is 9.69 Å². The third-order valence-corrected chi connectivity index (χ3v) is 5.47. The molecule has 2 N–H and O–H groups in total. The Labute approximate surface area is 154 Å². The molecule has 0 saturated carbocycles. The molecular formula is C19H19N3O3S. The molecule has 7 heteroatoms. The van der Waals surface area contributed by atoms with Crippen LogP contribution >= 0.6 is 11.3 Å². The van der Waals surface area contributed by atoms with E-state index < -0.39 is 0 Å². The quantitative estimate of drug-likeness (QED) is 0.739. The molecule has 4 rings (SSSR count). The summed E-state index contributed by atoms with van der Waals surface area (Å²) in [5, 5.41) is 12.1. The summed E-state index contributed by atoms with van der Waals surface area (Å²) < 4.78 is 5.12. The Morgan fingerprint density at radius 1 is 1.38 bits per heavy atom. The van der Waals surface area contributed by atoms with E-state index >= 15 is 0 Å². The lowest BCUT2D eigenvalue weighted by molar-refractivity contribution is 0.238. The second-order valence-corrected chi connectivity index (χ2v) is 7.22. The lowest BCUT2D eigenvalue weighted by Crippen LogP contribution is -2.35. The summed E-state index contributed by atoms with van der Waals surface area (Å²) in [6, 6.07) is 9.19. The van der Waals surface area contributed by atoms with Crippen LogP contribution in [-0.2, 0) is 19.5 Å². The third-order valence-electron chi connectivity index (χ3n) is 4.59. The largest absolute Gasteiger partial charge is 0.507 e. The molecule has 2 aromatic heterocycles. The molecule has 0 amide bonds. The van der Waals surface area contributed by atoms with Gasteiger partial charge in [0, 0.05) is 37.7 Å². The minimum absolute atomic E-state index is 0.0814. The second kappa shape index (κ2) is 6.93. The fourth-order valence-electron chi connectivity index (χ4n) is 3.19. The predicted octanol–water partition coefficient (Wildman–Crippen LogP) is 2.77. The number of aromatic hydroxyl groups is 1. The molecule has 0 unspecified atom stereocenters. The Morgan fingerprint density at radius 2 is 2.27 bits per heavy atom. The number of fused-ring (bicyclic) bond motifs is 1. The maximum atomic E-state index is 12.5. The Morgan fingerprint density at radius 3 is 3.00 bits per heavy atom. The van der Waals surface area contributed by atoms with Gasteiger partial charge in [0.1, 0.15) is 11.5 Å². The zero-order valence-electron chi connectivity index (χ0n) is 14.4. The van der Waals surface area contributed by atoms with Gasteiger partial charge in [-0.15, -0.1) is 11.3 Å². The Hall–Kier alpha value is -2.64. The van der Waals surface area contributed by atoms with Crippen molar-refractivity contribution >= 4 is 11.3 Å². The standard InChI is InChI=1S/C19H19N3O3S/c1-25-13-5-4-12(16(23)9-13)10-22-7-6-15-14(11-22)19(24)21-18(20-15)17-3-2-8-26-17/h2-5,8-9,23H,6-7,10-11H2,1H3,(H,20,21,24). The van der Waals surface area contributed by atoms with Crippen LogP contribution in [0.1, 0.15) is 16.8 Å². The molecule has 1 aliphatic rings. The number of aromatic amines is 1. The molecule has 0 atom stereocenters. The molecule has 3 aromatic rings. The molecule has 1 aliphatic heterocycles. The van der Waals surface area contributed by atoms with Crippen LogP contribution in [0.25, 0.3) is 10.7 Å². The van der Waals surface area contributed by atoms with Crippen molar-refractivity contribution in [3.8, 4) is 22.2 Å². The van der Waals surface area contributed by atoms with Gasteiger partial charge >= 0.3 is 0 Å². The van der Waals surface area contributed by atoms with Crippen LogP contribution < -0.4 is 10.3 Å². The molecule has 0 spiro atoms. The van der Waals surface area contributed by atoms with Crippen molar-refractivity contribution in [1.82, 2.24) is 14.9 Å². The van der Waals surface area contributed by atoms with Gasteiger partial charge in [0.2, 0.25) is 0 Å². The van der Waals surface area contributed by atoms with Crippen molar-refractivity contribution in [2.45, 2.75) is 19.5 Å². The number of rotatable bonds is 4. The average molecular weight is 369 g/mol. The summed E-state index contributed by atoms with van der Waals surface area (Å²) >= 11 is 1.56. The Bertz CT molecular complexity index is 982. The van der Waals surface area contributed by atoms with Gasteiger partial charge in [-0.2, -0.15) is 0 Å². The first-order valence-corrected chi connectivity index (χ1v) is 9.26. The first-order chi connectivity index (χ1) is 12.6. The normalized spacial score (nSPS) is 14.2. The van der Waals surface area contributed by atoms with E-state index in [1.807, 2.05) is 29.6 Å². The first kappa shape index (κ1) is 16.8. The van der Waals surface area contributed by atoms with E-state index in [-0.39, 0.29) is 11.3 Å². The van der Waals surface area contributed by atoms with Crippen molar-refractivity contribution < 1.29 is 9.84 Å². The van der Waals surface area contributed by atoms with Crippen molar-refractivity contribution in [2.24, 2.45) is 0 Å². The van der Waals surface area contributed by atoms with Crippen LogP contribution in [0.15, 0.2) is 40.5 Å². The zero-order valence-corrected chi connectivity index (χ0v) is 15.2.